The molecule has 0 aromatic carbocycles. The Morgan fingerprint density at radius 2 is 2.32 bits per heavy atom. The molecule has 0 aliphatic carbocycles. The van der Waals surface area contributed by atoms with Gasteiger partial charge in [0.1, 0.15) is 0 Å². The fraction of sp³-hybridized carbons (Fsp3) is 0.333. The highest BCUT2D eigenvalue weighted by Crippen LogP contribution is 2.18. The van der Waals surface area contributed by atoms with Crippen molar-refractivity contribution in [1.29, 1.82) is 0 Å². The molecule has 19 heavy (non-hydrogen) atoms. The summed E-state index contributed by atoms with van der Waals surface area (Å²) in [6.45, 7) is 10.6. The molecule has 0 aliphatic rings. The molecule has 2 heterocycles. The summed E-state index contributed by atoms with van der Waals surface area (Å²) in [6.07, 6.45) is 1.74. The Hall–Kier alpha value is -2.62. The maximum absolute atomic E-state index is 12.2. The number of ether oxygens (including phenoxy) is 1. The standard InChI is InChI=1S/C12H12N4O3/c1-4-7-9(12(18)19-5-2)15-10-8(13-3)6-14-16(10)11(7)17/h6,14H,4-5H2,1-2H3. The number of hydrogen-bond acceptors (Lipinski definition) is 4. The molecule has 2 aromatic heterocycles. The number of carbonyl (C=O) groups excluding carboxylic acids is 1. The number of H-pyrrole nitrogens is 1. The maximum Gasteiger partial charge on any atom is 0.357 e. The highest BCUT2D eigenvalue weighted by Gasteiger charge is 2.20. The summed E-state index contributed by atoms with van der Waals surface area (Å²) in [5.41, 5.74) is 0.198. The second-order valence-electron chi connectivity index (χ2n) is 3.75. The number of nitrogens with zero attached hydrogens (tertiary/aromatic N) is 3. The second kappa shape index (κ2) is 4.94. The van der Waals surface area contributed by atoms with Gasteiger partial charge in [0.15, 0.2) is 11.3 Å². The highest BCUT2D eigenvalue weighted by molar-refractivity contribution is 5.90. The third kappa shape index (κ3) is 1.97. The Balaban J connectivity index is 2.79. The molecule has 0 radical (unpaired) electrons. The van der Waals surface area contributed by atoms with Gasteiger partial charge in [-0.3, -0.25) is 4.79 Å². The molecule has 7 heteroatoms. The molecule has 0 aliphatic heterocycles. The van der Waals surface area contributed by atoms with Gasteiger partial charge in [0.05, 0.1) is 18.7 Å². The molecule has 0 unspecified atom stereocenters. The first-order valence-electron chi connectivity index (χ1n) is 5.81. The molecule has 0 saturated heterocycles. The monoisotopic (exact) mass is 260 g/mol. The van der Waals surface area contributed by atoms with Gasteiger partial charge in [-0.05, 0) is 13.3 Å². The third-order valence-corrected chi connectivity index (χ3v) is 2.68. The lowest BCUT2D eigenvalue weighted by molar-refractivity contribution is 0.0518. The molecular formula is C12H12N4O3. The number of fused-ring (bicyclic) bond motifs is 1. The van der Waals surface area contributed by atoms with Crippen LogP contribution in [0.3, 0.4) is 0 Å². The zero-order valence-corrected chi connectivity index (χ0v) is 10.6. The first kappa shape index (κ1) is 12.8. The van der Waals surface area contributed by atoms with Crippen molar-refractivity contribution in [3.8, 4) is 0 Å². The van der Waals surface area contributed by atoms with Crippen molar-refractivity contribution in [2.24, 2.45) is 0 Å². The minimum Gasteiger partial charge on any atom is -0.461 e. The molecule has 7 nitrogen and oxygen atoms in total. The molecule has 0 amide bonds. The van der Waals surface area contributed by atoms with Crippen molar-refractivity contribution in [3.63, 3.8) is 0 Å². The Morgan fingerprint density at radius 1 is 1.58 bits per heavy atom. The summed E-state index contributed by atoms with van der Waals surface area (Å²) in [5, 5.41) is 2.66. The van der Waals surface area contributed by atoms with Gasteiger partial charge in [0.2, 0.25) is 5.69 Å². The lowest BCUT2D eigenvalue weighted by Crippen LogP contribution is -2.25. The van der Waals surface area contributed by atoms with Crippen molar-refractivity contribution in [1.82, 2.24) is 14.6 Å². The van der Waals surface area contributed by atoms with Crippen molar-refractivity contribution in [3.05, 3.63) is 39.2 Å². The first-order valence-corrected chi connectivity index (χ1v) is 5.81. The number of hydrogen-bond donors (Lipinski definition) is 1. The molecule has 98 valence electrons. The van der Waals surface area contributed by atoms with Crippen LogP contribution >= 0.6 is 0 Å². The topological polar surface area (TPSA) is 80.8 Å². The van der Waals surface area contributed by atoms with Gasteiger partial charge < -0.3 is 9.84 Å². The van der Waals surface area contributed by atoms with Gasteiger partial charge in [-0.2, -0.15) is 0 Å². The van der Waals surface area contributed by atoms with Crippen LogP contribution in [0.15, 0.2) is 11.0 Å². The van der Waals surface area contributed by atoms with Gasteiger partial charge >= 0.3 is 5.97 Å². The lowest BCUT2D eigenvalue weighted by atomic mass is 10.2. The molecule has 0 saturated carbocycles. The summed E-state index contributed by atoms with van der Waals surface area (Å²) in [5.74, 6) is -0.643. The molecule has 0 bridgehead atoms. The quantitative estimate of drug-likeness (QED) is 0.666. The van der Waals surface area contributed by atoms with E-state index in [1.807, 2.05) is 0 Å². The first-order chi connectivity index (χ1) is 9.13. The van der Waals surface area contributed by atoms with Crippen LogP contribution in [0.5, 0.6) is 0 Å². The Morgan fingerprint density at radius 3 is 2.89 bits per heavy atom. The fourth-order valence-corrected chi connectivity index (χ4v) is 1.81. The Bertz CT molecular complexity index is 736. The van der Waals surface area contributed by atoms with Crippen LogP contribution in [-0.4, -0.2) is 27.2 Å². The molecule has 2 rings (SSSR count). The zero-order valence-electron chi connectivity index (χ0n) is 10.6. The predicted octanol–water partition coefficient (Wildman–Crippen LogP) is 1.31. The van der Waals surface area contributed by atoms with Crippen LogP contribution in [0.25, 0.3) is 10.5 Å². The van der Waals surface area contributed by atoms with Crippen LogP contribution in [0.4, 0.5) is 5.69 Å². The van der Waals surface area contributed by atoms with Crippen molar-refractivity contribution < 1.29 is 9.53 Å². The number of rotatable bonds is 3. The predicted molar refractivity (Wildman–Crippen MR) is 67.4 cm³/mol. The average Bonchev–Trinajstić information content (AvgIpc) is 2.82. The van der Waals surface area contributed by atoms with Crippen LogP contribution in [0.1, 0.15) is 29.9 Å². The second-order valence-corrected chi connectivity index (χ2v) is 3.75. The van der Waals surface area contributed by atoms with Gasteiger partial charge in [0.25, 0.3) is 5.56 Å². The van der Waals surface area contributed by atoms with E-state index in [4.69, 9.17) is 11.3 Å². The summed E-state index contributed by atoms with van der Waals surface area (Å²) in [6, 6.07) is 0. The molecule has 2 aromatic rings. The van der Waals surface area contributed by atoms with Crippen LogP contribution in [0.2, 0.25) is 0 Å². The average molecular weight is 260 g/mol. The number of nitrogens with one attached hydrogen (secondary N) is 1. The van der Waals surface area contributed by atoms with Gasteiger partial charge in [0, 0.05) is 6.20 Å². The van der Waals surface area contributed by atoms with E-state index in [1.165, 1.54) is 6.20 Å². The molecule has 1 N–H and O–H groups in total. The number of aromatic nitrogens is 3. The van der Waals surface area contributed by atoms with Gasteiger partial charge in [-0.15, -0.1) is 0 Å². The van der Waals surface area contributed by atoms with E-state index in [9.17, 15) is 9.59 Å². The van der Waals surface area contributed by atoms with Crippen LogP contribution in [0, 0.1) is 6.57 Å². The SMILES string of the molecule is [C-]#[N+]c1c[nH]n2c(=O)c(CC)c(C(=O)OCC)nc12. The lowest BCUT2D eigenvalue weighted by Gasteiger charge is -2.06. The van der Waals surface area contributed by atoms with E-state index in [1.54, 1.807) is 13.8 Å². The highest BCUT2D eigenvalue weighted by atomic mass is 16.5. The minimum absolute atomic E-state index is 0.0150. The summed E-state index contributed by atoms with van der Waals surface area (Å²) >= 11 is 0. The van der Waals surface area contributed by atoms with Gasteiger partial charge in [-0.1, -0.05) is 6.92 Å². The Kier molecular flexibility index (Phi) is 3.33. The summed E-state index contributed by atoms with van der Waals surface area (Å²) in [4.78, 5) is 31.4. The van der Waals surface area contributed by atoms with Crippen molar-refractivity contribution in [2.75, 3.05) is 6.61 Å². The number of aromatic amines is 1. The molecule has 0 spiro atoms. The summed E-state index contributed by atoms with van der Waals surface area (Å²) < 4.78 is 6.05. The van der Waals surface area contributed by atoms with Crippen LogP contribution < -0.4 is 5.56 Å². The smallest absolute Gasteiger partial charge is 0.357 e. The van der Waals surface area contributed by atoms with E-state index in [2.05, 4.69) is 14.9 Å². The fourth-order valence-electron chi connectivity index (χ4n) is 1.81. The largest absolute Gasteiger partial charge is 0.461 e. The normalized spacial score (nSPS) is 10.4. The molecule has 0 fully saturated rings. The van der Waals surface area contributed by atoms with E-state index >= 15 is 0 Å². The van der Waals surface area contributed by atoms with Gasteiger partial charge in [-0.25, -0.2) is 19.1 Å². The zero-order chi connectivity index (χ0) is 14.0. The van der Waals surface area contributed by atoms with Crippen molar-refractivity contribution >= 4 is 17.3 Å². The van der Waals surface area contributed by atoms with Crippen LogP contribution in [-0.2, 0) is 11.2 Å². The van der Waals surface area contributed by atoms with E-state index < -0.39 is 5.97 Å². The maximum atomic E-state index is 12.2. The van der Waals surface area contributed by atoms with E-state index in [0.717, 1.165) is 4.52 Å². The summed E-state index contributed by atoms with van der Waals surface area (Å²) in [7, 11) is 0. The van der Waals surface area contributed by atoms with Crippen molar-refractivity contribution in [2.45, 2.75) is 20.3 Å². The third-order valence-electron chi connectivity index (χ3n) is 2.68. The number of esters is 1. The van der Waals surface area contributed by atoms with E-state index in [0.29, 0.717) is 6.42 Å². The molecule has 0 atom stereocenters. The number of carbonyl (C=O) groups is 1. The molecular weight excluding hydrogens is 248 g/mol. The minimum atomic E-state index is -0.643. The Labute approximate surface area is 108 Å². The van der Waals surface area contributed by atoms with E-state index in [-0.39, 0.29) is 34.8 Å².